The predicted molar refractivity (Wildman–Crippen MR) is 129 cm³/mol. The van der Waals surface area contributed by atoms with E-state index in [9.17, 15) is 0 Å². The first kappa shape index (κ1) is 22.6. The fraction of sp³-hybridized carbons (Fsp3) is 0. The van der Waals surface area contributed by atoms with E-state index in [1.54, 1.807) is 12.2 Å². The summed E-state index contributed by atoms with van der Waals surface area (Å²) in [4.78, 5) is 0. The van der Waals surface area contributed by atoms with Gasteiger partial charge in [0.05, 0.1) is 0 Å². The van der Waals surface area contributed by atoms with E-state index in [0.717, 1.165) is 8.87 Å². The fourth-order valence-corrected chi connectivity index (χ4v) is 12.7. The van der Waals surface area contributed by atoms with E-state index >= 15 is 0 Å². The molecule has 150 valence electrons. The summed E-state index contributed by atoms with van der Waals surface area (Å²) in [5.41, 5.74) is 0.310. The Kier molecular flexibility index (Phi) is 7.33. The molecule has 4 aromatic heterocycles. The van der Waals surface area contributed by atoms with E-state index in [1.807, 2.05) is 36.4 Å². The van der Waals surface area contributed by atoms with Crippen LogP contribution in [0.2, 0.25) is 0 Å². The summed E-state index contributed by atoms with van der Waals surface area (Å²) in [7, 11) is 0. The summed E-state index contributed by atoms with van der Waals surface area (Å²) in [5, 5.41) is 35.8. The van der Waals surface area contributed by atoms with Gasteiger partial charge in [0.25, 0.3) is 0 Å². The Morgan fingerprint density at radius 3 is 1.06 bits per heavy atom. The molecule has 4 nitrogen and oxygen atoms in total. The zero-order valence-corrected chi connectivity index (χ0v) is 23.0. The summed E-state index contributed by atoms with van der Waals surface area (Å²) < 4.78 is 10.4. The van der Waals surface area contributed by atoms with Crippen LogP contribution in [-0.4, -0.2) is 58.0 Å². The number of allylic oxidation sites excluding steroid dienone is 2. The molecule has 0 radical (unpaired) electrons. The third-order valence-electron chi connectivity index (χ3n) is 4.25. The van der Waals surface area contributed by atoms with Crippen LogP contribution in [0.1, 0.15) is 8.87 Å². The molecule has 0 aliphatic heterocycles. The normalized spacial score (nSPS) is 9.75. The fourth-order valence-electron chi connectivity index (χ4n) is 2.79. The van der Waals surface area contributed by atoms with Gasteiger partial charge in [0.2, 0.25) is 0 Å². The minimum atomic E-state index is 0.132. The molecule has 4 aromatic rings. The van der Waals surface area contributed by atoms with Crippen molar-refractivity contribution in [2.24, 2.45) is 0 Å². The molecule has 0 N–H and O–H groups in total. The van der Waals surface area contributed by atoms with Gasteiger partial charge in [-0.25, -0.2) is 0 Å². The molecule has 4 rings (SSSR count). The molecule has 0 saturated carbocycles. The van der Waals surface area contributed by atoms with Crippen LogP contribution in [0.5, 0.6) is 0 Å². The van der Waals surface area contributed by atoms with Gasteiger partial charge in [-0.05, 0) is 0 Å². The molecular weight excluding hydrogens is 660 g/mol. The quantitative estimate of drug-likeness (QED) is 0.239. The molecule has 0 atom stereocenters. The Morgan fingerprint density at radius 1 is 0.469 bits per heavy atom. The summed E-state index contributed by atoms with van der Waals surface area (Å²) in [5.74, 6) is 0. The van der Waals surface area contributed by atoms with Crippen LogP contribution in [0.3, 0.4) is 0 Å². The summed E-state index contributed by atoms with van der Waals surface area (Å²) in [6.45, 7) is 0. The topological polar surface area (TPSA) is 95.2 Å². The average Bonchev–Trinajstić information content (AvgIpc) is 3.61. The van der Waals surface area contributed by atoms with Gasteiger partial charge in [-0.1, -0.05) is 0 Å². The van der Waals surface area contributed by atoms with E-state index in [4.69, 9.17) is 21.0 Å². The summed E-state index contributed by atoms with van der Waals surface area (Å²) >= 11 is 0.793. The van der Waals surface area contributed by atoms with Crippen molar-refractivity contribution in [3.05, 3.63) is 68.6 Å². The standard InChI is InChI=1S/C24H10N4Se4/c25-11-15(12-26)9-17-1-3-19(29-17)21-5-7-23(31-21)24-8-6-22(32-24)20-4-2-18(30-20)10-16(13-27)14-28/h1-10H. The van der Waals surface area contributed by atoms with Gasteiger partial charge in [-0.3, -0.25) is 0 Å². The Balaban J connectivity index is 1.55. The SMILES string of the molecule is N#CC(C#N)=Cc1ccc(-c2ccc(-c3ccc(-c4ccc(C=C(C#N)C#N)[se]4)[se]3)[se]2)[se]1. The summed E-state index contributed by atoms with van der Waals surface area (Å²) in [6, 6.07) is 24.9. The third kappa shape index (κ3) is 5.08. The number of hydrogen-bond acceptors (Lipinski definition) is 4. The van der Waals surface area contributed by atoms with E-state index < -0.39 is 0 Å². The van der Waals surface area contributed by atoms with E-state index in [1.165, 1.54) is 26.6 Å². The van der Waals surface area contributed by atoms with Gasteiger partial charge >= 0.3 is 211 Å². The minimum absolute atomic E-state index is 0.132. The number of nitrogens with zero attached hydrogens (tertiary/aromatic N) is 4. The predicted octanol–water partition coefficient (Wildman–Crippen LogP) is 3.78. The zero-order valence-electron chi connectivity index (χ0n) is 16.2. The van der Waals surface area contributed by atoms with Crippen LogP contribution in [0.4, 0.5) is 0 Å². The Bertz CT molecular complexity index is 1380. The second-order valence-electron chi connectivity index (χ2n) is 6.30. The first-order valence-electron chi connectivity index (χ1n) is 9.07. The van der Waals surface area contributed by atoms with Crippen LogP contribution < -0.4 is 0 Å². The van der Waals surface area contributed by atoms with Gasteiger partial charge < -0.3 is 0 Å². The Labute approximate surface area is 209 Å². The first-order valence-corrected chi connectivity index (χ1v) is 15.9. The maximum atomic E-state index is 8.96. The van der Waals surface area contributed by atoms with Crippen molar-refractivity contribution in [3.8, 4) is 50.9 Å². The van der Waals surface area contributed by atoms with Crippen LogP contribution in [0.25, 0.3) is 38.8 Å². The van der Waals surface area contributed by atoms with E-state index in [-0.39, 0.29) is 69.2 Å². The molecule has 8 heteroatoms. The van der Waals surface area contributed by atoms with Gasteiger partial charge in [0, 0.05) is 0 Å². The van der Waals surface area contributed by atoms with Crippen LogP contribution >= 0.6 is 0 Å². The van der Waals surface area contributed by atoms with Crippen molar-refractivity contribution in [3.63, 3.8) is 0 Å². The van der Waals surface area contributed by atoms with Crippen molar-refractivity contribution in [2.75, 3.05) is 0 Å². The van der Waals surface area contributed by atoms with Gasteiger partial charge in [-0.2, -0.15) is 0 Å². The molecule has 32 heavy (non-hydrogen) atoms. The molecule has 0 saturated heterocycles. The van der Waals surface area contributed by atoms with Crippen molar-refractivity contribution in [2.45, 2.75) is 0 Å². The van der Waals surface area contributed by atoms with Crippen molar-refractivity contribution in [1.29, 1.82) is 21.0 Å². The molecule has 0 amide bonds. The summed E-state index contributed by atoms with van der Waals surface area (Å²) in [6.07, 6.45) is 3.40. The second-order valence-corrected chi connectivity index (χ2v) is 15.5. The number of rotatable bonds is 5. The van der Waals surface area contributed by atoms with Crippen molar-refractivity contribution >= 4 is 70.2 Å². The average molecular weight is 670 g/mol. The van der Waals surface area contributed by atoms with Gasteiger partial charge in [0.15, 0.2) is 0 Å². The zero-order chi connectivity index (χ0) is 22.5. The molecule has 0 aromatic carbocycles. The molecule has 4 heterocycles. The van der Waals surface area contributed by atoms with Crippen LogP contribution in [-0.2, 0) is 0 Å². The molecule has 0 aliphatic rings. The third-order valence-corrected chi connectivity index (χ3v) is 15.5. The molecular formula is C24H10N4Se4. The molecule has 0 aliphatic carbocycles. The Hall–Kier alpha value is -2.56. The Morgan fingerprint density at radius 2 is 0.750 bits per heavy atom. The monoisotopic (exact) mass is 674 g/mol. The molecule has 0 fully saturated rings. The van der Waals surface area contributed by atoms with Crippen LogP contribution in [0.15, 0.2) is 59.7 Å². The van der Waals surface area contributed by atoms with Crippen molar-refractivity contribution in [1.82, 2.24) is 0 Å². The number of nitriles is 4. The van der Waals surface area contributed by atoms with E-state index in [2.05, 4.69) is 36.4 Å². The first-order chi connectivity index (χ1) is 15.6. The molecule has 0 spiro atoms. The van der Waals surface area contributed by atoms with Crippen LogP contribution in [0, 0.1) is 45.3 Å². The van der Waals surface area contributed by atoms with Gasteiger partial charge in [0.1, 0.15) is 0 Å². The second kappa shape index (κ2) is 10.4. The molecule has 0 unspecified atom stereocenters. The maximum absolute atomic E-state index is 8.96. The number of hydrogen-bond donors (Lipinski definition) is 0. The van der Waals surface area contributed by atoms with Gasteiger partial charge in [-0.15, -0.1) is 0 Å². The van der Waals surface area contributed by atoms with E-state index in [0.29, 0.717) is 0 Å². The molecule has 0 bridgehead atoms. The van der Waals surface area contributed by atoms with Crippen molar-refractivity contribution < 1.29 is 0 Å².